The van der Waals surface area contributed by atoms with Crippen molar-refractivity contribution in [1.82, 2.24) is 0 Å². The minimum absolute atomic E-state index is 0.264. The molecular weight excluding hydrogens is 350 g/mol. The fraction of sp³-hybridized carbons (Fsp3) is 0.125. The maximum atomic E-state index is 12.6. The molecule has 0 aliphatic rings. The predicted octanol–water partition coefficient (Wildman–Crippen LogP) is 4.47. The Morgan fingerprint density at radius 3 is 1.84 bits per heavy atom. The van der Waals surface area contributed by atoms with Crippen molar-refractivity contribution in [3.05, 3.63) is 65.0 Å². The molecule has 0 saturated heterocycles. The number of nitrogens with zero attached hydrogens (tertiary/aromatic N) is 2. The number of ether oxygens (including phenoxy) is 1. The molecular formula is C16H8F6N2O. The van der Waals surface area contributed by atoms with Crippen LogP contribution in [0.4, 0.5) is 26.3 Å². The highest BCUT2D eigenvalue weighted by atomic mass is 19.4. The molecule has 9 heteroatoms. The second kappa shape index (κ2) is 8.60. The first-order valence-electron chi connectivity index (χ1n) is 6.40. The van der Waals surface area contributed by atoms with E-state index >= 15 is 0 Å². The summed E-state index contributed by atoms with van der Waals surface area (Å²) >= 11 is 0. The average molecular weight is 358 g/mol. The van der Waals surface area contributed by atoms with Gasteiger partial charge in [-0.1, -0.05) is 0 Å². The van der Waals surface area contributed by atoms with E-state index in [1.807, 2.05) is 0 Å². The van der Waals surface area contributed by atoms with Crippen LogP contribution in [-0.4, -0.2) is 12.8 Å². The van der Waals surface area contributed by atoms with Crippen LogP contribution in [-0.2, 0) is 0 Å². The first-order chi connectivity index (χ1) is 11.7. The molecule has 2 aromatic rings. The van der Waals surface area contributed by atoms with Crippen LogP contribution < -0.4 is 4.74 Å². The number of benzene rings is 2. The highest BCUT2D eigenvalue weighted by Crippen LogP contribution is 2.22. The zero-order valence-electron chi connectivity index (χ0n) is 12.2. The molecule has 130 valence electrons. The third-order valence-electron chi connectivity index (χ3n) is 2.50. The van der Waals surface area contributed by atoms with E-state index in [0.29, 0.717) is 0 Å². The van der Waals surface area contributed by atoms with Gasteiger partial charge in [-0.3, -0.25) is 0 Å². The summed E-state index contributed by atoms with van der Waals surface area (Å²) in [5.41, 5.74) is -0.528. The van der Waals surface area contributed by atoms with E-state index in [4.69, 9.17) is 10.5 Å². The van der Waals surface area contributed by atoms with Gasteiger partial charge in [0.25, 0.3) is 0 Å². The lowest BCUT2D eigenvalue weighted by molar-refractivity contribution is -0.153. The Bertz CT molecular complexity index is 821. The Morgan fingerprint density at radius 1 is 0.840 bits per heavy atom. The maximum absolute atomic E-state index is 12.6. The van der Waals surface area contributed by atoms with Crippen LogP contribution >= 0.6 is 0 Å². The zero-order chi connectivity index (χ0) is 19.0. The summed E-state index contributed by atoms with van der Waals surface area (Å²) in [7, 11) is 0. The largest absolute Gasteiger partial charge is 0.483 e. The second-order valence-corrected chi connectivity index (χ2v) is 4.39. The summed E-state index contributed by atoms with van der Waals surface area (Å²) in [6.07, 6.45) is -4.49. The van der Waals surface area contributed by atoms with Crippen molar-refractivity contribution in [3.8, 4) is 17.9 Å². The van der Waals surface area contributed by atoms with Gasteiger partial charge in [-0.2, -0.15) is 23.7 Å². The molecule has 0 aliphatic heterocycles. The number of halogens is 6. The first kappa shape index (κ1) is 19.8. The molecule has 0 saturated carbocycles. The molecule has 0 atom stereocenters. The number of nitriles is 2. The van der Waals surface area contributed by atoms with E-state index in [0.717, 1.165) is 36.4 Å². The minimum atomic E-state index is -4.49. The molecule has 0 radical (unpaired) electrons. The van der Waals surface area contributed by atoms with E-state index in [2.05, 4.69) is 4.74 Å². The van der Waals surface area contributed by atoms with Gasteiger partial charge in [0.05, 0.1) is 11.1 Å². The van der Waals surface area contributed by atoms with E-state index in [1.54, 1.807) is 6.07 Å². The Morgan fingerprint density at radius 2 is 1.36 bits per heavy atom. The average Bonchev–Trinajstić information content (AvgIpc) is 2.55. The molecule has 0 aliphatic carbocycles. The Kier molecular flexibility index (Phi) is 6.82. The number of alkyl halides is 3. The van der Waals surface area contributed by atoms with Crippen molar-refractivity contribution in [3.63, 3.8) is 0 Å². The lowest BCUT2D eigenvalue weighted by atomic mass is 10.2. The van der Waals surface area contributed by atoms with Crippen LogP contribution in [0.5, 0.6) is 5.75 Å². The zero-order valence-corrected chi connectivity index (χ0v) is 12.2. The van der Waals surface area contributed by atoms with Gasteiger partial charge in [0.15, 0.2) is 6.61 Å². The van der Waals surface area contributed by atoms with Crippen molar-refractivity contribution >= 4 is 0 Å². The standard InChI is InChI=1S/C9H5F4NO.C7H3F2N/c10-7-1-2-8(6(3-7)4-14)15-5-9(11,12)13;8-6-1-2-7(9)5(3-6)4-10/h1-3H,5H2;1-3H. The van der Waals surface area contributed by atoms with Crippen LogP contribution in [0.2, 0.25) is 0 Å². The molecule has 0 aromatic heterocycles. The topological polar surface area (TPSA) is 56.8 Å². The molecule has 0 N–H and O–H groups in total. The highest BCUT2D eigenvalue weighted by molar-refractivity contribution is 5.43. The molecule has 0 spiro atoms. The molecule has 2 aromatic carbocycles. The third kappa shape index (κ3) is 6.83. The molecule has 25 heavy (non-hydrogen) atoms. The van der Waals surface area contributed by atoms with Gasteiger partial charge in [0.1, 0.15) is 35.3 Å². The van der Waals surface area contributed by atoms with Crippen LogP contribution in [0.25, 0.3) is 0 Å². The highest BCUT2D eigenvalue weighted by Gasteiger charge is 2.28. The second-order valence-electron chi connectivity index (χ2n) is 4.39. The van der Waals surface area contributed by atoms with Crippen molar-refractivity contribution in [2.45, 2.75) is 6.18 Å². The third-order valence-corrected chi connectivity index (χ3v) is 2.50. The molecule has 2 rings (SSSR count). The number of rotatable bonds is 2. The summed E-state index contributed by atoms with van der Waals surface area (Å²) in [6, 6.07) is 8.53. The molecule has 0 fully saturated rings. The first-order valence-corrected chi connectivity index (χ1v) is 6.40. The quantitative estimate of drug-likeness (QED) is 0.744. The van der Waals surface area contributed by atoms with E-state index in [1.165, 1.54) is 6.07 Å². The minimum Gasteiger partial charge on any atom is -0.483 e. The summed E-state index contributed by atoms with van der Waals surface area (Å²) in [5, 5.41) is 16.7. The lowest BCUT2D eigenvalue weighted by Crippen LogP contribution is -2.19. The van der Waals surface area contributed by atoms with Crippen molar-refractivity contribution in [2.24, 2.45) is 0 Å². The van der Waals surface area contributed by atoms with Gasteiger partial charge < -0.3 is 4.74 Å². The summed E-state index contributed by atoms with van der Waals surface area (Å²) in [6.45, 7) is -1.51. The summed E-state index contributed by atoms with van der Waals surface area (Å²) in [4.78, 5) is 0. The Labute approximate surface area is 138 Å². The van der Waals surface area contributed by atoms with Gasteiger partial charge in [-0.15, -0.1) is 0 Å². The molecule has 0 bridgehead atoms. The Balaban J connectivity index is 0.000000271. The van der Waals surface area contributed by atoms with Gasteiger partial charge >= 0.3 is 6.18 Å². The van der Waals surface area contributed by atoms with Gasteiger partial charge in [-0.05, 0) is 36.4 Å². The number of hydrogen-bond donors (Lipinski definition) is 0. The number of hydrogen-bond acceptors (Lipinski definition) is 3. The van der Waals surface area contributed by atoms with Gasteiger partial charge in [0, 0.05) is 0 Å². The molecule has 0 amide bonds. The van der Waals surface area contributed by atoms with Gasteiger partial charge in [-0.25, -0.2) is 13.2 Å². The van der Waals surface area contributed by atoms with E-state index < -0.39 is 30.2 Å². The maximum Gasteiger partial charge on any atom is 0.422 e. The smallest absolute Gasteiger partial charge is 0.422 e. The molecule has 0 unspecified atom stereocenters. The monoisotopic (exact) mass is 358 g/mol. The van der Waals surface area contributed by atoms with Crippen LogP contribution in [0.15, 0.2) is 36.4 Å². The summed E-state index contributed by atoms with van der Waals surface area (Å²) in [5.74, 6) is -2.27. The normalized spacial score (nSPS) is 10.1. The summed E-state index contributed by atoms with van der Waals surface area (Å²) < 4.78 is 76.8. The lowest BCUT2D eigenvalue weighted by Gasteiger charge is -2.09. The fourth-order valence-corrected chi connectivity index (χ4v) is 1.46. The predicted molar refractivity (Wildman–Crippen MR) is 73.7 cm³/mol. The Hall–Kier alpha value is -3.20. The molecule has 0 heterocycles. The van der Waals surface area contributed by atoms with E-state index in [-0.39, 0.29) is 16.9 Å². The van der Waals surface area contributed by atoms with Gasteiger partial charge in [0.2, 0.25) is 0 Å². The van der Waals surface area contributed by atoms with Crippen molar-refractivity contribution in [1.29, 1.82) is 10.5 Å². The van der Waals surface area contributed by atoms with Crippen LogP contribution in [0, 0.1) is 40.1 Å². The van der Waals surface area contributed by atoms with E-state index in [9.17, 15) is 26.3 Å². The SMILES string of the molecule is N#Cc1cc(F)ccc1F.N#Cc1cc(F)ccc1OCC(F)(F)F. The fourth-order valence-electron chi connectivity index (χ4n) is 1.46. The van der Waals surface area contributed by atoms with Crippen LogP contribution in [0.1, 0.15) is 11.1 Å². The van der Waals surface area contributed by atoms with Crippen molar-refractivity contribution < 1.29 is 31.1 Å². The van der Waals surface area contributed by atoms with Crippen LogP contribution in [0.3, 0.4) is 0 Å². The molecule has 3 nitrogen and oxygen atoms in total. The van der Waals surface area contributed by atoms with Crippen molar-refractivity contribution in [2.75, 3.05) is 6.61 Å².